The zero-order valence-electron chi connectivity index (χ0n) is 14.4. The average Bonchev–Trinajstić information content (AvgIpc) is 3.22. The van der Waals surface area contributed by atoms with Gasteiger partial charge in [-0.2, -0.15) is 5.10 Å². The van der Waals surface area contributed by atoms with Crippen LogP contribution in [0.2, 0.25) is 0 Å². The molecule has 2 heterocycles. The maximum atomic E-state index is 12.6. The van der Waals surface area contributed by atoms with E-state index in [1.165, 1.54) is 11.3 Å². The van der Waals surface area contributed by atoms with Gasteiger partial charge >= 0.3 is 0 Å². The number of hydrogen-bond acceptors (Lipinski definition) is 4. The number of nitrogens with one attached hydrogen (secondary N) is 1. The van der Waals surface area contributed by atoms with Crippen LogP contribution in [0.4, 0.5) is 0 Å². The van der Waals surface area contributed by atoms with Crippen molar-refractivity contribution in [3.05, 3.63) is 64.7 Å². The number of nitrogens with two attached hydrogens (primary N) is 1. The molecule has 0 aliphatic carbocycles. The summed E-state index contributed by atoms with van der Waals surface area (Å²) in [5.41, 5.74) is 9.15. The summed E-state index contributed by atoms with van der Waals surface area (Å²) in [5, 5.41) is 7.30. The summed E-state index contributed by atoms with van der Waals surface area (Å²) in [6.07, 6.45) is 2.56. The van der Waals surface area contributed by atoms with E-state index in [9.17, 15) is 4.79 Å². The lowest BCUT2D eigenvalue weighted by molar-refractivity contribution is 0.0942. The first-order valence-electron chi connectivity index (χ1n) is 8.22. The third-order valence-corrected chi connectivity index (χ3v) is 5.22. The molecule has 0 saturated heterocycles. The summed E-state index contributed by atoms with van der Waals surface area (Å²) >= 11 is 1.47. The van der Waals surface area contributed by atoms with Crippen LogP contribution >= 0.6 is 11.3 Å². The van der Waals surface area contributed by atoms with Gasteiger partial charge in [0.25, 0.3) is 5.91 Å². The molecule has 0 aliphatic heterocycles. The molecular weight excluding hydrogens is 332 g/mol. The number of amides is 1. The van der Waals surface area contributed by atoms with Gasteiger partial charge in [-0.05, 0) is 36.6 Å². The Morgan fingerprint density at radius 1 is 1.28 bits per heavy atom. The van der Waals surface area contributed by atoms with Crippen LogP contribution in [0, 0.1) is 6.92 Å². The van der Waals surface area contributed by atoms with E-state index < -0.39 is 0 Å². The molecule has 1 unspecified atom stereocenters. The molecule has 0 bridgehead atoms. The van der Waals surface area contributed by atoms with Gasteiger partial charge in [0, 0.05) is 19.6 Å². The normalized spacial score (nSPS) is 12.1. The predicted octanol–water partition coefficient (Wildman–Crippen LogP) is 2.76. The monoisotopic (exact) mass is 354 g/mol. The van der Waals surface area contributed by atoms with Crippen LogP contribution in [-0.2, 0) is 13.5 Å². The number of benzene rings is 1. The highest BCUT2D eigenvalue weighted by molar-refractivity contribution is 7.17. The Bertz CT molecular complexity index is 834. The van der Waals surface area contributed by atoms with Crippen LogP contribution in [-0.4, -0.2) is 28.3 Å². The molecule has 3 aromatic rings. The number of aromatic nitrogens is 2. The fraction of sp³-hybridized carbons (Fsp3) is 0.263. The fourth-order valence-electron chi connectivity index (χ4n) is 2.84. The molecule has 0 radical (unpaired) electrons. The highest BCUT2D eigenvalue weighted by Crippen LogP contribution is 2.30. The lowest BCUT2D eigenvalue weighted by Crippen LogP contribution is -2.41. The van der Waals surface area contributed by atoms with Crippen molar-refractivity contribution in [2.24, 2.45) is 12.8 Å². The first kappa shape index (κ1) is 17.4. The first-order chi connectivity index (χ1) is 12.1. The van der Waals surface area contributed by atoms with Crippen molar-refractivity contribution in [2.45, 2.75) is 19.4 Å². The molecule has 5 nitrogen and oxygen atoms in total. The van der Waals surface area contributed by atoms with Gasteiger partial charge in [0.05, 0.1) is 21.6 Å². The third-order valence-electron chi connectivity index (χ3n) is 4.13. The molecular formula is C19H22N4OS. The Morgan fingerprint density at radius 2 is 2.04 bits per heavy atom. The Morgan fingerprint density at radius 3 is 2.68 bits per heavy atom. The Balaban J connectivity index is 1.71. The van der Waals surface area contributed by atoms with Gasteiger partial charge in [-0.3, -0.25) is 9.48 Å². The third kappa shape index (κ3) is 3.97. The van der Waals surface area contributed by atoms with Crippen molar-refractivity contribution < 1.29 is 4.79 Å². The minimum atomic E-state index is -0.0844. The number of aryl methyl sites for hydroxylation is 2. The summed E-state index contributed by atoms with van der Waals surface area (Å²) in [5.74, 6) is -0.0811. The zero-order chi connectivity index (χ0) is 17.8. The van der Waals surface area contributed by atoms with Crippen LogP contribution in [0.5, 0.6) is 0 Å². The summed E-state index contributed by atoms with van der Waals surface area (Å²) in [4.78, 5) is 14.3. The summed E-state index contributed by atoms with van der Waals surface area (Å²) < 4.78 is 1.83. The van der Waals surface area contributed by atoms with E-state index in [0.29, 0.717) is 11.4 Å². The van der Waals surface area contributed by atoms with Crippen LogP contribution < -0.4 is 11.1 Å². The molecule has 2 aromatic heterocycles. The molecule has 0 spiro atoms. The average molecular weight is 354 g/mol. The number of carbonyl (C=O) groups is 1. The molecule has 3 N–H and O–H groups in total. The van der Waals surface area contributed by atoms with Crippen LogP contribution in [0.1, 0.15) is 20.8 Å². The lowest BCUT2D eigenvalue weighted by atomic mass is 10.1. The van der Waals surface area contributed by atoms with Gasteiger partial charge in [0.15, 0.2) is 0 Å². The molecule has 0 saturated carbocycles. The maximum Gasteiger partial charge on any atom is 0.261 e. The van der Waals surface area contributed by atoms with Crippen LogP contribution in [0.25, 0.3) is 10.6 Å². The minimum Gasteiger partial charge on any atom is -0.347 e. The first-order valence-corrected chi connectivity index (χ1v) is 9.03. The van der Waals surface area contributed by atoms with Gasteiger partial charge in [-0.25, -0.2) is 0 Å². The summed E-state index contributed by atoms with van der Waals surface area (Å²) in [7, 11) is 1.91. The Hall–Kier alpha value is -2.44. The SMILES string of the molecule is Cc1cnn(C)c1-c1ccc(C(=O)NC(CN)Cc2ccccc2)s1. The smallest absolute Gasteiger partial charge is 0.261 e. The van der Waals surface area contributed by atoms with E-state index in [-0.39, 0.29) is 11.9 Å². The number of nitrogens with zero attached hydrogens (tertiary/aromatic N) is 2. The molecule has 6 heteroatoms. The molecule has 130 valence electrons. The van der Waals surface area contributed by atoms with Gasteiger partial charge in [-0.15, -0.1) is 11.3 Å². The van der Waals surface area contributed by atoms with Gasteiger partial charge < -0.3 is 11.1 Å². The number of carbonyl (C=O) groups excluding carboxylic acids is 1. The van der Waals surface area contributed by atoms with Crippen molar-refractivity contribution in [3.8, 4) is 10.6 Å². The second-order valence-corrected chi connectivity index (χ2v) is 7.14. The second kappa shape index (κ2) is 7.63. The van der Waals surface area contributed by atoms with Crippen molar-refractivity contribution in [3.63, 3.8) is 0 Å². The highest BCUT2D eigenvalue weighted by Gasteiger charge is 2.17. The van der Waals surface area contributed by atoms with Crippen molar-refractivity contribution in [1.82, 2.24) is 15.1 Å². The van der Waals surface area contributed by atoms with Gasteiger partial charge in [0.1, 0.15) is 0 Å². The van der Waals surface area contributed by atoms with Crippen molar-refractivity contribution in [1.29, 1.82) is 0 Å². The molecule has 1 atom stereocenters. The lowest BCUT2D eigenvalue weighted by Gasteiger charge is -2.16. The molecule has 1 amide bonds. The number of thiophene rings is 1. The van der Waals surface area contributed by atoms with E-state index in [2.05, 4.69) is 10.4 Å². The standard InChI is InChI=1S/C19H22N4OS/c1-13-12-21-23(2)18(13)16-8-9-17(25-16)19(24)22-15(11-20)10-14-6-4-3-5-7-14/h3-9,12,15H,10-11,20H2,1-2H3,(H,22,24). The van der Waals surface area contributed by atoms with Gasteiger partial charge in [-0.1, -0.05) is 30.3 Å². The van der Waals surface area contributed by atoms with E-state index >= 15 is 0 Å². The molecule has 25 heavy (non-hydrogen) atoms. The van der Waals surface area contributed by atoms with Crippen LogP contribution in [0.15, 0.2) is 48.7 Å². The van der Waals surface area contributed by atoms with E-state index in [4.69, 9.17) is 5.73 Å². The molecule has 3 rings (SSSR count). The Labute approximate surface area is 151 Å². The fourth-order valence-corrected chi connectivity index (χ4v) is 3.89. The largest absolute Gasteiger partial charge is 0.347 e. The Kier molecular flexibility index (Phi) is 5.31. The zero-order valence-corrected chi connectivity index (χ0v) is 15.2. The van der Waals surface area contributed by atoms with Crippen molar-refractivity contribution >= 4 is 17.2 Å². The topological polar surface area (TPSA) is 72.9 Å². The number of rotatable bonds is 6. The predicted molar refractivity (Wildman–Crippen MR) is 102 cm³/mol. The summed E-state index contributed by atoms with van der Waals surface area (Å²) in [6.45, 7) is 2.42. The molecule has 1 aromatic carbocycles. The second-order valence-electron chi connectivity index (χ2n) is 6.06. The quantitative estimate of drug-likeness (QED) is 0.715. The van der Waals surface area contributed by atoms with Crippen molar-refractivity contribution in [2.75, 3.05) is 6.54 Å². The van der Waals surface area contributed by atoms with E-state index in [1.54, 1.807) is 0 Å². The van der Waals surface area contributed by atoms with E-state index in [1.807, 2.05) is 67.3 Å². The minimum absolute atomic E-state index is 0.0811. The molecule has 0 fully saturated rings. The van der Waals surface area contributed by atoms with Gasteiger partial charge in [0.2, 0.25) is 0 Å². The summed E-state index contributed by atoms with van der Waals surface area (Å²) in [6, 6.07) is 13.8. The molecule has 0 aliphatic rings. The van der Waals surface area contributed by atoms with E-state index in [0.717, 1.165) is 28.1 Å². The number of hydrogen-bond donors (Lipinski definition) is 2. The highest BCUT2D eigenvalue weighted by atomic mass is 32.1. The maximum absolute atomic E-state index is 12.6. The van der Waals surface area contributed by atoms with Crippen LogP contribution in [0.3, 0.4) is 0 Å².